The van der Waals surface area contributed by atoms with E-state index in [9.17, 15) is 26.4 Å². The third kappa shape index (κ3) is 5.54. The van der Waals surface area contributed by atoms with E-state index >= 15 is 0 Å². The molecule has 0 aliphatic carbocycles. The lowest BCUT2D eigenvalue weighted by Crippen LogP contribution is -2.21. The van der Waals surface area contributed by atoms with E-state index in [1.165, 1.54) is 24.3 Å². The molecule has 10 heteroatoms. The van der Waals surface area contributed by atoms with E-state index < -0.39 is 45.7 Å². The molecule has 3 aromatic carbocycles. The summed E-state index contributed by atoms with van der Waals surface area (Å²) in [5, 5.41) is 2.06. The largest absolute Gasteiger partial charge is 0.484 e. The van der Waals surface area contributed by atoms with E-state index in [1.54, 1.807) is 18.2 Å². The van der Waals surface area contributed by atoms with Crippen LogP contribution in [0.15, 0.2) is 65.6 Å². The molecule has 6 nitrogen and oxygen atoms in total. The van der Waals surface area contributed by atoms with Crippen LogP contribution in [0.4, 0.5) is 24.5 Å². The van der Waals surface area contributed by atoms with Crippen LogP contribution >= 0.6 is 0 Å². The van der Waals surface area contributed by atoms with Gasteiger partial charge in [-0.15, -0.1) is 0 Å². The predicted octanol–water partition coefficient (Wildman–Crippen LogP) is 4.23. The van der Waals surface area contributed by atoms with E-state index in [4.69, 9.17) is 4.74 Å². The van der Waals surface area contributed by atoms with Gasteiger partial charge in [0.05, 0.1) is 10.6 Å². The van der Waals surface area contributed by atoms with Gasteiger partial charge in [0.25, 0.3) is 15.9 Å². The van der Waals surface area contributed by atoms with Gasteiger partial charge in [0, 0.05) is 5.69 Å². The summed E-state index contributed by atoms with van der Waals surface area (Å²) in [5.41, 5.74) is 0.781. The van der Waals surface area contributed by atoms with Gasteiger partial charge in [0.15, 0.2) is 24.1 Å². The summed E-state index contributed by atoms with van der Waals surface area (Å²) in [5.74, 6) is -5.24. The van der Waals surface area contributed by atoms with Crippen LogP contribution in [0.1, 0.15) is 5.56 Å². The summed E-state index contributed by atoms with van der Waals surface area (Å²) in [7, 11) is -3.82. The van der Waals surface area contributed by atoms with Crippen LogP contribution in [0.2, 0.25) is 0 Å². The van der Waals surface area contributed by atoms with Gasteiger partial charge in [0.1, 0.15) is 5.75 Å². The molecule has 0 saturated carbocycles. The number of halogens is 3. The Kier molecular flexibility index (Phi) is 6.50. The molecule has 162 valence electrons. The topological polar surface area (TPSA) is 84.5 Å². The first-order valence-corrected chi connectivity index (χ1v) is 10.4. The molecule has 3 aromatic rings. The number of anilines is 2. The Morgan fingerprint density at radius 1 is 0.968 bits per heavy atom. The average Bonchev–Trinajstić information content (AvgIpc) is 2.73. The fraction of sp³-hybridized carbons (Fsp3) is 0.0952. The second-order valence-corrected chi connectivity index (χ2v) is 8.19. The van der Waals surface area contributed by atoms with E-state index in [0.29, 0.717) is 11.8 Å². The quantitative estimate of drug-likeness (QED) is 0.528. The van der Waals surface area contributed by atoms with Crippen LogP contribution in [-0.2, 0) is 14.8 Å². The molecule has 0 radical (unpaired) electrons. The van der Waals surface area contributed by atoms with Crippen molar-refractivity contribution in [2.24, 2.45) is 0 Å². The number of hydrogen-bond donors (Lipinski definition) is 2. The molecule has 1 amide bonds. The van der Waals surface area contributed by atoms with Crippen LogP contribution < -0.4 is 14.8 Å². The number of nitrogens with one attached hydrogen (secondary N) is 2. The highest BCUT2D eigenvalue weighted by molar-refractivity contribution is 7.92. The summed E-state index contributed by atoms with van der Waals surface area (Å²) in [6, 6.07) is 13.7. The number of ether oxygens (including phenoxy) is 1. The molecule has 0 aliphatic heterocycles. The molecule has 0 atom stereocenters. The van der Waals surface area contributed by atoms with Crippen LogP contribution in [0.25, 0.3) is 0 Å². The summed E-state index contributed by atoms with van der Waals surface area (Å²) in [6.07, 6.45) is 0. The highest BCUT2D eigenvalue weighted by atomic mass is 32.2. The second-order valence-electron chi connectivity index (χ2n) is 6.51. The third-order valence-corrected chi connectivity index (χ3v) is 5.48. The standard InChI is InChI=1S/C21H17F3N2O4S/c1-13-3-2-4-14(11-13)26-31(28,29)16-7-5-15(6-8-16)30-12-19(27)25-18-10-9-17(22)20(23)21(18)24/h2-11,26H,12H2,1H3,(H,25,27). The number of amides is 1. The Labute approximate surface area is 176 Å². The molecular formula is C21H17F3N2O4S. The minimum Gasteiger partial charge on any atom is -0.484 e. The van der Waals surface area contributed by atoms with Gasteiger partial charge >= 0.3 is 0 Å². The molecule has 31 heavy (non-hydrogen) atoms. The lowest BCUT2D eigenvalue weighted by atomic mass is 10.2. The van der Waals surface area contributed by atoms with Gasteiger partial charge in [-0.3, -0.25) is 9.52 Å². The zero-order valence-electron chi connectivity index (χ0n) is 16.2. The molecule has 0 bridgehead atoms. The zero-order chi connectivity index (χ0) is 22.6. The van der Waals surface area contributed by atoms with Crippen molar-refractivity contribution in [3.8, 4) is 5.75 Å². The Balaban J connectivity index is 1.60. The van der Waals surface area contributed by atoms with E-state index in [2.05, 4.69) is 10.0 Å². The first-order valence-electron chi connectivity index (χ1n) is 8.91. The highest BCUT2D eigenvalue weighted by Crippen LogP contribution is 2.21. The molecule has 0 fully saturated rings. The van der Waals surface area contributed by atoms with Gasteiger partial charge < -0.3 is 10.1 Å². The van der Waals surface area contributed by atoms with Crippen molar-refractivity contribution >= 4 is 27.3 Å². The maximum atomic E-state index is 13.6. The molecule has 2 N–H and O–H groups in total. The molecule has 0 unspecified atom stereocenters. The van der Waals surface area contributed by atoms with E-state index in [1.807, 2.05) is 13.0 Å². The maximum absolute atomic E-state index is 13.6. The lowest BCUT2D eigenvalue weighted by Gasteiger charge is -2.11. The number of rotatable bonds is 7. The SMILES string of the molecule is Cc1cccc(NS(=O)(=O)c2ccc(OCC(=O)Nc3ccc(F)c(F)c3F)cc2)c1. The highest BCUT2D eigenvalue weighted by Gasteiger charge is 2.16. The molecule has 0 spiro atoms. The van der Waals surface area contributed by atoms with Crippen LogP contribution in [0.3, 0.4) is 0 Å². The van der Waals surface area contributed by atoms with Crippen LogP contribution in [0, 0.1) is 24.4 Å². The van der Waals surface area contributed by atoms with Crippen molar-refractivity contribution in [2.45, 2.75) is 11.8 Å². The van der Waals surface area contributed by atoms with Gasteiger partial charge in [-0.05, 0) is 61.0 Å². The van der Waals surface area contributed by atoms with Crippen molar-refractivity contribution < 1.29 is 31.1 Å². The summed E-state index contributed by atoms with van der Waals surface area (Å²) >= 11 is 0. The minimum absolute atomic E-state index is 0.0188. The average molecular weight is 450 g/mol. The number of benzene rings is 3. The molecular weight excluding hydrogens is 433 g/mol. The summed E-state index contributed by atoms with van der Waals surface area (Å²) in [6.45, 7) is 1.27. The minimum atomic E-state index is -3.82. The Morgan fingerprint density at radius 2 is 1.68 bits per heavy atom. The number of sulfonamides is 1. The van der Waals surface area contributed by atoms with Gasteiger partial charge in [0.2, 0.25) is 0 Å². The lowest BCUT2D eigenvalue weighted by molar-refractivity contribution is -0.118. The van der Waals surface area contributed by atoms with Crippen molar-refractivity contribution in [3.63, 3.8) is 0 Å². The smallest absolute Gasteiger partial charge is 0.262 e. The van der Waals surface area contributed by atoms with Gasteiger partial charge in [-0.25, -0.2) is 21.6 Å². The Bertz CT molecular complexity index is 1220. The maximum Gasteiger partial charge on any atom is 0.262 e. The first kappa shape index (κ1) is 22.2. The normalized spacial score (nSPS) is 11.1. The third-order valence-electron chi connectivity index (χ3n) is 4.08. The van der Waals surface area contributed by atoms with Crippen LogP contribution in [0.5, 0.6) is 5.75 Å². The molecule has 0 saturated heterocycles. The zero-order valence-corrected chi connectivity index (χ0v) is 17.0. The molecule has 3 rings (SSSR count). The molecule has 0 aliphatic rings. The predicted molar refractivity (Wildman–Crippen MR) is 109 cm³/mol. The van der Waals surface area contributed by atoms with Gasteiger partial charge in [-0.1, -0.05) is 12.1 Å². The van der Waals surface area contributed by atoms with E-state index in [0.717, 1.165) is 11.6 Å². The molecule has 0 aromatic heterocycles. The van der Waals surface area contributed by atoms with Gasteiger partial charge in [-0.2, -0.15) is 0 Å². The van der Waals surface area contributed by atoms with Crippen molar-refractivity contribution in [1.82, 2.24) is 0 Å². The Hall–Kier alpha value is -3.53. The monoisotopic (exact) mass is 450 g/mol. The number of hydrogen-bond acceptors (Lipinski definition) is 4. The number of carbonyl (C=O) groups is 1. The van der Waals surface area contributed by atoms with E-state index in [-0.39, 0.29) is 10.6 Å². The van der Waals surface area contributed by atoms with Crippen LogP contribution in [-0.4, -0.2) is 20.9 Å². The van der Waals surface area contributed by atoms with Crippen molar-refractivity contribution in [1.29, 1.82) is 0 Å². The number of aryl methyl sites for hydroxylation is 1. The van der Waals surface area contributed by atoms with Crippen molar-refractivity contribution in [2.75, 3.05) is 16.6 Å². The van der Waals surface area contributed by atoms with Crippen molar-refractivity contribution in [3.05, 3.63) is 83.7 Å². The first-order chi connectivity index (χ1) is 14.7. The molecule has 0 heterocycles. The Morgan fingerprint density at radius 3 is 2.35 bits per heavy atom. The number of carbonyl (C=O) groups excluding carboxylic acids is 1. The summed E-state index contributed by atoms with van der Waals surface area (Å²) in [4.78, 5) is 11.8. The fourth-order valence-corrected chi connectivity index (χ4v) is 3.64. The second kappa shape index (κ2) is 9.09. The fourth-order valence-electron chi connectivity index (χ4n) is 2.60. The summed E-state index contributed by atoms with van der Waals surface area (Å²) < 4.78 is 72.3.